The fraction of sp³-hybridized carbons (Fsp3) is 0. The summed E-state index contributed by atoms with van der Waals surface area (Å²) in [5.41, 5.74) is 4.55. The smallest absolute Gasteiger partial charge is 0.159 e. The summed E-state index contributed by atoms with van der Waals surface area (Å²) >= 11 is 0. The third-order valence-electron chi connectivity index (χ3n) is 1.44. The van der Waals surface area contributed by atoms with Crippen molar-refractivity contribution >= 4 is 16.7 Å². The Balaban J connectivity index is 2.79. The third kappa shape index (κ3) is 0.821. The van der Waals surface area contributed by atoms with Crippen LogP contribution in [0.3, 0.4) is 0 Å². The van der Waals surface area contributed by atoms with E-state index in [-0.39, 0.29) is 0 Å². The maximum absolute atomic E-state index is 5.22. The molecule has 5 heteroatoms. The molecule has 0 aliphatic carbocycles. The van der Waals surface area contributed by atoms with Crippen LogP contribution in [0.4, 0.5) is 5.69 Å². The lowest BCUT2D eigenvalue weighted by Crippen LogP contribution is -2.06. The Morgan fingerprint density at radius 1 is 1.36 bits per heavy atom. The molecule has 5 nitrogen and oxygen atoms in total. The molecule has 2 rings (SSSR count). The molecule has 0 fully saturated rings. The Hall–Kier alpha value is -1.62. The minimum Gasteiger partial charge on any atom is -0.322 e. The van der Waals surface area contributed by atoms with Gasteiger partial charge in [-0.25, -0.2) is 4.63 Å². The van der Waals surface area contributed by atoms with Crippen molar-refractivity contribution in [2.24, 2.45) is 5.84 Å². The number of fused-ring (bicyclic) bond motifs is 1. The van der Waals surface area contributed by atoms with Gasteiger partial charge in [-0.05, 0) is 22.4 Å². The molecule has 0 aliphatic heterocycles. The molecule has 0 amide bonds. The maximum atomic E-state index is 5.22. The number of hydrogen-bond donors (Lipinski definition) is 2. The van der Waals surface area contributed by atoms with Crippen LogP contribution in [0.1, 0.15) is 0 Å². The van der Waals surface area contributed by atoms with Crippen LogP contribution in [-0.2, 0) is 0 Å². The van der Waals surface area contributed by atoms with Crippen molar-refractivity contribution in [2.75, 3.05) is 5.43 Å². The molecule has 3 N–H and O–H groups in total. The van der Waals surface area contributed by atoms with Gasteiger partial charge in [-0.2, -0.15) is 0 Å². The third-order valence-corrected chi connectivity index (χ3v) is 1.44. The topological polar surface area (TPSA) is 77.0 Å². The zero-order valence-electron chi connectivity index (χ0n) is 5.61. The highest BCUT2D eigenvalue weighted by Gasteiger charge is 2.02. The normalized spacial score (nSPS) is 10.3. The highest BCUT2D eigenvalue weighted by molar-refractivity contribution is 5.86. The molecule has 0 saturated carbocycles. The van der Waals surface area contributed by atoms with Crippen molar-refractivity contribution in [3.05, 3.63) is 18.2 Å². The van der Waals surface area contributed by atoms with E-state index in [2.05, 4.69) is 20.4 Å². The van der Waals surface area contributed by atoms with Gasteiger partial charge in [-0.15, -0.1) is 0 Å². The van der Waals surface area contributed by atoms with Crippen molar-refractivity contribution in [1.29, 1.82) is 0 Å². The van der Waals surface area contributed by atoms with Crippen LogP contribution in [0.5, 0.6) is 0 Å². The summed E-state index contributed by atoms with van der Waals surface area (Å²) in [6, 6.07) is 5.42. The molecule has 0 radical (unpaired) electrons. The first-order valence-corrected chi connectivity index (χ1v) is 3.10. The molecule has 1 aromatic carbocycles. The molecule has 1 aromatic heterocycles. The number of nitrogens with one attached hydrogen (secondary N) is 1. The Morgan fingerprint density at radius 3 is 3.09 bits per heavy atom. The van der Waals surface area contributed by atoms with E-state index in [0.717, 1.165) is 0 Å². The number of hydrogen-bond acceptors (Lipinski definition) is 5. The summed E-state index contributed by atoms with van der Waals surface area (Å²) in [4.78, 5) is 0. The van der Waals surface area contributed by atoms with Crippen LogP contribution < -0.4 is 11.3 Å². The van der Waals surface area contributed by atoms with Crippen LogP contribution >= 0.6 is 0 Å². The van der Waals surface area contributed by atoms with Crippen molar-refractivity contribution in [3.8, 4) is 0 Å². The summed E-state index contributed by atoms with van der Waals surface area (Å²) in [6.07, 6.45) is 0. The van der Waals surface area contributed by atoms with Gasteiger partial charge < -0.3 is 5.43 Å². The van der Waals surface area contributed by atoms with Gasteiger partial charge in [-0.1, -0.05) is 6.07 Å². The SMILES string of the molecule is NNc1cccc2nonc12. The number of nitrogen functional groups attached to an aromatic ring is 1. The number of nitrogens with zero attached hydrogens (tertiary/aromatic N) is 2. The number of benzene rings is 1. The zero-order valence-corrected chi connectivity index (χ0v) is 5.61. The van der Waals surface area contributed by atoms with Gasteiger partial charge in [0.15, 0.2) is 5.52 Å². The maximum Gasteiger partial charge on any atom is 0.159 e. The number of anilines is 1. The zero-order chi connectivity index (χ0) is 7.68. The molecule has 0 spiro atoms. The Labute approximate surface area is 62.1 Å². The van der Waals surface area contributed by atoms with E-state index in [1.807, 2.05) is 6.07 Å². The molecule has 0 saturated heterocycles. The van der Waals surface area contributed by atoms with E-state index in [1.54, 1.807) is 12.1 Å². The number of hydrazine groups is 1. The Morgan fingerprint density at radius 2 is 2.27 bits per heavy atom. The van der Waals surface area contributed by atoms with E-state index >= 15 is 0 Å². The van der Waals surface area contributed by atoms with Gasteiger partial charge in [0.05, 0.1) is 5.69 Å². The lowest BCUT2D eigenvalue weighted by molar-refractivity contribution is 0.315. The van der Waals surface area contributed by atoms with Crippen molar-refractivity contribution in [2.45, 2.75) is 0 Å². The number of rotatable bonds is 1. The first-order valence-electron chi connectivity index (χ1n) is 3.10. The van der Waals surface area contributed by atoms with Gasteiger partial charge in [-0.3, -0.25) is 5.84 Å². The summed E-state index contributed by atoms with van der Waals surface area (Å²) in [7, 11) is 0. The van der Waals surface area contributed by atoms with Gasteiger partial charge in [0.25, 0.3) is 0 Å². The molecule has 0 bridgehead atoms. The first kappa shape index (κ1) is 6.11. The number of nitrogens with two attached hydrogens (primary N) is 1. The first-order chi connectivity index (χ1) is 5.42. The predicted molar refractivity (Wildman–Crippen MR) is 39.6 cm³/mol. The fourth-order valence-corrected chi connectivity index (χ4v) is 0.923. The van der Waals surface area contributed by atoms with Gasteiger partial charge in [0.2, 0.25) is 0 Å². The standard InChI is InChI=1S/C6H6N4O/c7-8-4-2-1-3-5-6(4)10-11-9-5/h1-3,8H,7H2. The Bertz CT molecular complexity index is 369. The second-order valence-corrected chi connectivity index (χ2v) is 2.08. The minimum absolute atomic E-state index is 0.648. The van der Waals surface area contributed by atoms with E-state index in [9.17, 15) is 0 Å². The summed E-state index contributed by atoms with van der Waals surface area (Å²) < 4.78 is 4.51. The van der Waals surface area contributed by atoms with Gasteiger partial charge >= 0.3 is 0 Å². The van der Waals surface area contributed by atoms with E-state index in [4.69, 9.17) is 5.84 Å². The second-order valence-electron chi connectivity index (χ2n) is 2.08. The lowest BCUT2D eigenvalue weighted by Gasteiger charge is -1.95. The molecular weight excluding hydrogens is 144 g/mol. The molecular formula is C6H6N4O. The number of aromatic nitrogens is 2. The quantitative estimate of drug-likeness (QED) is 0.457. The van der Waals surface area contributed by atoms with Crippen LogP contribution in [0.25, 0.3) is 11.0 Å². The molecule has 0 aliphatic rings. The molecule has 11 heavy (non-hydrogen) atoms. The predicted octanol–water partition coefficient (Wildman–Crippen LogP) is 0.508. The van der Waals surface area contributed by atoms with Crippen LogP contribution in [-0.4, -0.2) is 10.3 Å². The van der Waals surface area contributed by atoms with Gasteiger partial charge in [0.1, 0.15) is 5.52 Å². The molecule has 56 valence electrons. The van der Waals surface area contributed by atoms with Gasteiger partial charge in [0, 0.05) is 0 Å². The molecule has 1 heterocycles. The minimum atomic E-state index is 0.648. The fourth-order valence-electron chi connectivity index (χ4n) is 0.923. The van der Waals surface area contributed by atoms with Crippen LogP contribution in [0.2, 0.25) is 0 Å². The largest absolute Gasteiger partial charge is 0.322 e. The van der Waals surface area contributed by atoms with Crippen molar-refractivity contribution in [3.63, 3.8) is 0 Å². The molecule has 0 unspecified atom stereocenters. The van der Waals surface area contributed by atoms with Crippen LogP contribution in [0.15, 0.2) is 22.8 Å². The molecule has 0 atom stereocenters. The Kier molecular flexibility index (Phi) is 1.23. The second kappa shape index (κ2) is 2.21. The average Bonchev–Trinajstić information content (AvgIpc) is 2.50. The highest BCUT2D eigenvalue weighted by Crippen LogP contribution is 2.17. The lowest BCUT2D eigenvalue weighted by atomic mass is 10.3. The van der Waals surface area contributed by atoms with Crippen molar-refractivity contribution < 1.29 is 4.63 Å². The average molecular weight is 150 g/mol. The van der Waals surface area contributed by atoms with E-state index < -0.39 is 0 Å². The van der Waals surface area contributed by atoms with E-state index in [1.165, 1.54) is 0 Å². The van der Waals surface area contributed by atoms with E-state index in [0.29, 0.717) is 16.7 Å². The van der Waals surface area contributed by atoms with Crippen LogP contribution in [0, 0.1) is 0 Å². The van der Waals surface area contributed by atoms with Crippen molar-refractivity contribution in [1.82, 2.24) is 10.3 Å². The summed E-state index contributed by atoms with van der Waals surface area (Å²) in [5, 5.41) is 7.31. The summed E-state index contributed by atoms with van der Waals surface area (Å²) in [6.45, 7) is 0. The monoisotopic (exact) mass is 150 g/mol. The molecule has 2 aromatic rings. The summed E-state index contributed by atoms with van der Waals surface area (Å²) in [5.74, 6) is 5.22. The highest BCUT2D eigenvalue weighted by atomic mass is 16.6.